The van der Waals surface area contributed by atoms with Gasteiger partial charge in [-0.3, -0.25) is 0 Å². The second-order valence-corrected chi connectivity index (χ2v) is 2.83. The zero-order valence-corrected chi connectivity index (χ0v) is 6.91. The van der Waals surface area contributed by atoms with Crippen molar-refractivity contribution < 1.29 is 0 Å². The molecule has 0 aliphatic rings. The lowest BCUT2D eigenvalue weighted by atomic mass is 10.0. The summed E-state index contributed by atoms with van der Waals surface area (Å²) >= 11 is 0. The Labute approximate surface area is 67.1 Å². The van der Waals surface area contributed by atoms with Gasteiger partial charge in [0.15, 0.2) is 0 Å². The fourth-order valence-electron chi connectivity index (χ4n) is 0.983. The van der Waals surface area contributed by atoms with E-state index in [1.165, 1.54) is 0 Å². The molecule has 0 saturated carbocycles. The van der Waals surface area contributed by atoms with Gasteiger partial charge in [-0.25, -0.2) is 0 Å². The van der Waals surface area contributed by atoms with Crippen LogP contribution in [0.25, 0.3) is 0 Å². The Kier molecular flexibility index (Phi) is 2.00. The summed E-state index contributed by atoms with van der Waals surface area (Å²) in [5, 5.41) is 8.89. The Balaban J connectivity index is 2.99. The predicted octanol–water partition coefficient (Wildman–Crippen LogP) is 2.14. The molecule has 0 radical (unpaired) electrons. The van der Waals surface area contributed by atoms with Gasteiger partial charge in [-0.1, -0.05) is 6.92 Å². The Hall–Kier alpha value is -1.23. The molecule has 0 saturated heterocycles. The molecule has 0 aliphatic heterocycles. The first-order chi connectivity index (χ1) is 5.23. The maximum atomic E-state index is 8.89. The van der Waals surface area contributed by atoms with E-state index >= 15 is 0 Å². The summed E-state index contributed by atoms with van der Waals surface area (Å²) in [4.78, 5) is 0. The first-order valence-corrected chi connectivity index (χ1v) is 3.77. The Bertz CT molecular complexity index is 256. The molecule has 0 N–H and O–H groups in total. The van der Waals surface area contributed by atoms with Crippen LogP contribution in [0, 0.1) is 11.3 Å². The molecule has 1 atom stereocenters. The van der Waals surface area contributed by atoms with Gasteiger partial charge in [-0.05, 0) is 25.5 Å². The highest BCUT2D eigenvalue weighted by molar-refractivity contribution is 5.06. The van der Waals surface area contributed by atoms with Crippen molar-refractivity contribution in [2.75, 3.05) is 0 Å². The molecule has 0 spiro atoms. The van der Waals surface area contributed by atoms with Crippen molar-refractivity contribution in [1.29, 1.82) is 5.26 Å². The van der Waals surface area contributed by atoms with Crippen LogP contribution in [-0.4, -0.2) is 4.57 Å². The third-order valence-corrected chi connectivity index (χ3v) is 2.10. The van der Waals surface area contributed by atoms with Gasteiger partial charge in [0.25, 0.3) is 0 Å². The zero-order valence-electron chi connectivity index (χ0n) is 6.91. The van der Waals surface area contributed by atoms with E-state index < -0.39 is 0 Å². The van der Waals surface area contributed by atoms with Crippen LogP contribution >= 0.6 is 0 Å². The van der Waals surface area contributed by atoms with Gasteiger partial charge in [-0.2, -0.15) is 5.26 Å². The molecule has 2 nitrogen and oxygen atoms in total. The average molecular weight is 148 g/mol. The van der Waals surface area contributed by atoms with E-state index in [-0.39, 0.29) is 5.54 Å². The third-order valence-electron chi connectivity index (χ3n) is 2.10. The van der Waals surface area contributed by atoms with Crippen molar-refractivity contribution in [3.05, 3.63) is 24.5 Å². The summed E-state index contributed by atoms with van der Waals surface area (Å²) in [5.74, 6) is 0. The molecule has 58 valence electrons. The van der Waals surface area contributed by atoms with E-state index in [1.807, 2.05) is 42.9 Å². The van der Waals surface area contributed by atoms with Gasteiger partial charge >= 0.3 is 0 Å². The first kappa shape index (κ1) is 7.87. The van der Waals surface area contributed by atoms with Crippen molar-refractivity contribution in [2.24, 2.45) is 0 Å². The smallest absolute Gasteiger partial charge is 0.128 e. The molecule has 2 heteroatoms. The van der Waals surface area contributed by atoms with Crippen molar-refractivity contribution >= 4 is 0 Å². The molecule has 1 heterocycles. The lowest BCUT2D eigenvalue weighted by Gasteiger charge is -2.21. The van der Waals surface area contributed by atoms with Crippen LogP contribution in [0.3, 0.4) is 0 Å². The minimum Gasteiger partial charge on any atom is -0.336 e. The maximum Gasteiger partial charge on any atom is 0.128 e. The summed E-state index contributed by atoms with van der Waals surface area (Å²) in [6.45, 7) is 3.95. The Morgan fingerprint density at radius 1 is 1.45 bits per heavy atom. The Morgan fingerprint density at radius 3 is 2.36 bits per heavy atom. The molecule has 11 heavy (non-hydrogen) atoms. The van der Waals surface area contributed by atoms with Crippen LogP contribution in [-0.2, 0) is 5.54 Å². The quantitative estimate of drug-likeness (QED) is 0.631. The lowest BCUT2D eigenvalue weighted by Crippen LogP contribution is -2.25. The fourth-order valence-corrected chi connectivity index (χ4v) is 0.983. The van der Waals surface area contributed by atoms with Crippen LogP contribution in [0.4, 0.5) is 0 Å². The monoisotopic (exact) mass is 148 g/mol. The van der Waals surface area contributed by atoms with Gasteiger partial charge in [-0.15, -0.1) is 0 Å². The van der Waals surface area contributed by atoms with Crippen LogP contribution in [0.2, 0.25) is 0 Å². The molecular weight excluding hydrogens is 136 g/mol. The van der Waals surface area contributed by atoms with Gasteiger partial charge in [0.1, 0.15) is 5.54 Å². The molecule has 0 aliphatic carbocycles. The average Bonchev–Trinajstić information content (AvgIpc) is 2.55. The molecule has 1 aromatic heterocycles. The second kappa shape index (κ2) is 2.79. The lowest BCUT2D eigenvalue weighted by molar-refractivity contribution is 0.409. The van der Waals surface area contributed by atoms with E-state index in [4.69, 9.17) is 5.26 Å². The van der Waals surface area contributed by atoms with Crippen molar-refractivity contribution in [3.8, 4) is 6.07 Å². The number of rotatable bonds is 2. The van der Waals surface area contributed by atoms with E-state index in [0.717, 1.165) is 6.42 Å². The zero-order chi connectivity index (χ0) is 8.32. The highest BCUT2D eigenvalue weighted by Crippen LogP contribution is 2.18. The topological polar surface area (TPSA) is 28.7 Å². The molecule has 0 bridgehead atoms. The number of hydrogen-bond acceptors (Lipinski definition) is 1. The largest absolute Gasteiger partial charge is 0.336 e. The summed E-state index contributed by atoms with van der Waals surface area (Å²) in [6.07, 6.45) is 4.68. The summed E-state index contributed by atoms with van der Waals surface area (Å²) < 4.78 is 1.94. The van der Waals surface area contributed by atoms with Crippen LogP contribution in [0.1, 0.15) is 20.3 Å². The summed E-state index contributed by atoms with van der Waals surface area (Å²) in [7, 11) is 0. The van der Waals surface area contributed by atoms with Gasteiger partial charge < -0.3 is 4.57 Å². The number of aromatic nitrogens is 1. The molecule has 0 amide bonds. The maximum absolute atomic E-state index is 8.89. The second-order valence-electron chi connectivity index (χ2n) is 2.83. The highest BCUT2D eigenvalue weighted by Gasteiger charge is 2.21. The minimum absolute atomic E-state index is 0.372. The molecule has 1 unspecified atom stereocenters. The van der Waals surface area contributed by atoms with Crippen LogP contribution < -0.4 is 0 Å². The highest BCUT2D eigenvalue weighted by atomic mass is 15.0. The molecule has 0 fully saturated rings. The standard InChI is InChI=1S/C9H12N2/c1-3-9(2,8-10)11-6-4-5-7-11/h4-7H,3H2,1-2H3. The number of nitriles is 1. The van der Waals surface area contributed by atoms with Gasteiger partial charge in [0.05, 0.1) is 6.07 Å². The Morgan fingerprint density at radius 2 is 2.00 bits per heavy atom. The molecule has 1 aromatic rings. The predicted molar refractivity (Wildman–Crippen MR) is 44.0 cm³/mol. The summed E-state index contributed by atoms with van der Waals surface area (Å²) in [5.41, 5.74) is -0.372. The van der Waals surface area contributed by atoms with E-state index in [9.17, 15) is 0 Å². The first-order valence-electron chi connectivity index (χ1n) is 3.77. The van der Waals surface area contributed by atoms with Crippen molar-refractivity contribution in [3.63, 3.8) is 0 Å². The van der Waals surface area contributed by atoms with Crippen molar-refractivity contribution in [2.45, 2.75) is 25.8 Å². The molecule has 0 aromatic carbocycles. The molecular formula is C9H12N2. The van der Waals surface area contributed by atoms with E-state index in [0.29, 0.717) is 0 Å². The van der Waals surface area contributed by atoms with E-state index in [1.54, 1.807) is 0 Å². The summed E-state index contributed by atoms with van der Waals surface area (Å²) in [6, 6.07) is 6.17. The minimum atomic E-state index is -0.372. The van der Waals surface area contributed by atoms with Crippen LogP contribution in [0.5, 0.6) is 0 Å². The van der Waals surface area contributed by atoms with Gasteiger partial charge in [0, 0.05) is 12.4 Å². The van der Waals surface area contributed by atoms with E-state index in [2.05, 4.69) is 6.07 Å². The third kappa shape index (κ3) is 1.27. The molecule has 1 rings (SSSR count). The van der Waals surface area contributed by atoms with Crippen molar-refractivity contribution in [1.82, 2.24) is 4.57 Å². The normalized spacial score (nSPS) is 15.4. The fraction of sp³-hybridized carbons (Fsp3) is 0.444. The van der Waals surface area contributed by atoms with Gasteiger partial charge in [0.2, 0.25) is 0 Å². The number of nitrogens with zero attached hydrogens (tertiary/aromatic N) is 2. The van der Waals surface area contributed by atoms with Crippen LogP contribution in [0.15, 0.2) is 24.5 Å². The SMILES string of the molecule is CCC(C)(C#N)n1cccc1. The number of hydrogen-bond donors (Lipinski definition) is 0.